The first kappa shape index (κ1) is 14.1. The second-order valence-corrected chi connectivity index (χ2v) is 4.72. The number of aromatic hydroxyl groups is 1. The molecule has 0 aliphatic rings. The SMILES string of the molecule is O=C(CSc1nc(O)cc(=O)[nH]1)Nc1ccc(F)cc1. The van der Waals surface area contributed by atoms with E-state index in [9.17, 15) is 14.0 Å². The van der Waals surface area contributed by atoms with Crippen molar-refractivity contribution >= 4 is 23.4 Å². The number of thioether (sulfide) groups is 1. The van der Waals surface area contributed by atoms with Crippen LogP contribution in [0.1, 0.15) is 0 Å². The van der Waals surface area contributed by atoms with Gasteiger partial charge in [-0.1, -0.05) is 11.8 Å². The van der Waals surface area contributed by atoms with Crippen LogP contribution in [0.2, 0.25) is 0 Å². The van der Waals surface area contributed by atoms with E-state index in [4.69, 9.17) is 5.11 Å². The van der Waals surface area contributed by atoms with E-state index in [0.29, 0.717) is 5.69 Å². The first-order valence-electron chi connectivity index (χ1n) is 5.51. The fourth-order valence-corrected chi connectivity index (χ4v) is 2.03. The monoisotopic (exact) mass is 295 g/mol. The number of nitrogens with zero attached hydrogens (tertiary/aromatic N) is 1. The maximum absolute atomic E-state index is 12.7. The van der Waals surface area contributed by atoms with Gasteiger partial charge in [-0.2, -0.15) is 4.98 Å². The third-order valence-electron chi connectivity index (χ3n) is 2.17. The lowest BCUT2D eigenvalue weighted by molar-refractivity contribution is -0.113. The normalized spacial score (nSPS) is 10.2. The molecule has 0 bridgehead atoms. The smallest absolute Gasteiger partial charge is 0.255 e. The van der Waals surface area contributed by atoms with Gasteiger partial charge in [-0.25, -0.2) is 4.39 Å². The molecule has 8 heteroatoms. The molecule has 0 spiro atoms. The van der Waals surface area contributed by atoms with Gasteiger partial charge in [0.2, 0.25) is 11.8 Å². The van der Waals surface area contributed by atoms with Crippen LogP contribution in [0.25, 0.3) is 0 Å². The van der Waals surface area contributed by atoms with Crippen LogP contribution >= 0.6 is 11.8 Å². The number of carbonyl (C=O) groups excluding carboxylic acids is 1. The summed E-state index contributed by atoms with van der Waals surface area (Å²) in [4.78, 5) is 28.7. The molecule has 0 aliphatic heterocycles. The summed E-state index contributed by atoms with van der Waals surface area (Å²) < 4.78 is 12.7. The van der Waals surface area contributed by atoms with Crippen LogP contribution in [0, 0.1) is 5.82 Å². The van der Waals surface area contributed by atoms with Crippen molar-refractivity contribution in [2.45, 2.75) is 5.16 Å². The Kier molecular flexibility index (Phi) is 4.36. The Morgan fingerprint density at radius 2 is 2.10 bits per heavy atom. The second kappa shape index (κ2) is 6.20. The maximum atomic E-state index is 12.7. The van der Waals surface area contributed by atoms with Gasteiger partial charge < -0.3 is 15.4 Å². The molecule has 0 fully saturated rings. The highest BCUT2D eigenvalue weighted by atomic mass is 32.2. The average Bonchev–Trinajstić information content (AvgIpc) is 2.38. The number of hydrogen-bond acceptors (Lipinski definition) is 5. The fraction of sp³-hybridized carbons (Fsp3) is 0.0833. The van der Waals surface area contributed by atoms with Crippen LogP contribution in [0.3, 0.4) is 0 Å². The number of anilines is 1. The molecule has 20 heavy (non-hydrogen) atoms. The molecule has 2 aromatic rings. The van der Waals surface area contributed by atoms with Crippen LogP contribution in [0.5, 0.6) is 5.88 Å². The third-order valence-corrected chi connectivity index (χ3v) is 3.05. The van der Waals surface area contributed by atoms with Crippen molar-refractivity contribution in [1.29, 1.82) is 0 Å². The number of H-pyrrole nitrogens is 1. The predicted octanol–water partition coefficient (Wildman–Crippen LogP) is 1.35. The molecule has 6 nitrogen and oxygen atoms in total. The number of aromatic nitrogens is 2. The molecule has 1 aromatic carbocycles. The van der Waals surface area contributed by atoms with Crippen molar-refractivity contribution < 1.29 is 14.3 Å². The molecule has 0 atom stereocenters. The molecule has 1 amide bonds. The molecule has 0 saturated heterocycles. The van der Waals surface area contributed by atoms with Gasteiger partial charge in [-0.05, 0) is 24.3 Å². The van der Waals surface area contributed by atoms with Gasteiger partial charge in [0.15, 0.2) is 5.16 Å². The Morgan fingerprint density at radius 1 is 1.40 bits per heavy atom. The van der Waals surface area contributed by atoms with E-state index in [2.05, 4.69) is 15.3 Å². The van der Waals surface area contributed by atoms with Crippen LogP contribution in [0.15, 0.2) is 40.3 Å². The molecule has 2 rings (SSSR count). The molecule has 0 unspecified atom stereocenters. The first-order chi connectivity index (χ1) is 9.52. The molecule has 104 valence electrons. The Balaban J connectivity index is 1.92. The molecule has 1 heterocycles. The Bertz CT molecular complexity index is 672. The summed E-state index contributed by atoms with van der Waals surface area (Å²) in [6.07, 6.45) is 0. The minimum absolute atomic E-state index is 0.0101. The van der Waals surface area contributed by atoms with E-state index in [1.807, 2.05) is 0 Å². The van der Waals surface area contributed by atoms with E-state index < -0.39 is 11.4 Å². The zero-order chi connectivity index (χ0) is 14.5. The number of amides is 1. The highest BCUT2D eigenvalue weighted by Crippen LogP contribution is 2.14. The summed E-state index contributed by atoms with van der Waals surface area (Å²) in [6.45, 7) is 0. The minimum Gasteiger partial charge on any atom is -0.493 e. The van der Waals surface area contributed by atoms with E-state index in [1.54, 1.807) is 0 Å². The molecule has 0 saturated carbocycles. The summed E-state index contributed by atoms with van der Waals surface area (Å²) in [5.74, 6) is -1.15. The predicted molar refractivity (Wildman–Crippen MR) is 72.3 cm³/mol. The van der Waals surface area contributed by atoms with Gasteiger partial charge in [0.25, 0.3) is 5.56 Å². The van der Waals surface area contributed by atoms with Crippen LogP contribution in [-0.4, -0.2) is 26.7 Å². The number of halogens is 1. The summed E-state index contributed by atoms with van der Waals surface area (Å²) in [7, 11) is 0. The minimum atomic E-state index is -0.501. The highest BCUT2D eigenvalue weighted by molar-refractivity contribution is 7.99. The van der Waals surface area contributed by atoms with Gasteiger partial charge in [0.05, 0.1) is 11.8 Å². The highest BCUT2D eigenvalue weighted by Gasteiger charge is 2.06. The van der Waals surface area contributed by atoms with E-state index in [0.717, 1.165) is 17.8 Å². The number of nitrogens with one attached hydrogen (secondary N) is 2. The molecule has 0 radical (unpaired) electrons. The zero-order valence-electron chi connectivity index (χ0n) is 10.1. The first-order valence-corrected chi connectivity index (χ1v) is 6.50. The quantitative estimate of drug-likeness (QED) is 0.584. The Hall–Kier alpha value is -2.35. The van der Waals surface area contributed by atoms with Gasteiger partial charge in [0, 0.05) is 5.69 Å². The fourth-order valence-electron chi connectivity index (χ4n) is 1.36. The molecular weight excluding hydrogens is 285 g/mol. The average molecular weight is 295 g/mol. The number of hydrogen-bond donors (Lipinski definition) is 3. The van der Waals surface area contributed by atoms with Crippen molar-refractivity contribution in [3.8, 4) is 5.88 Å². The van der Waals surface area contributed by atoms with E-state index in [-0.39, 0.29) is 22.6 Å². The maximum Gasteiger partial charge on any atom is 0.255 e. The van der Waals surface area contributed by atoms with Gasteiger partial charge in [-0.3, -0.25) is 9.59 Å². The van der Waals surface area contributed by atoms with E-state index >= 15 is 0 Å². The summed E-state index contributed by atoms with van der Waals surface area (Å²) in [5, 5.41) is 11.8. The summed E-state index contributed by atoms with van der Waals surface area (Å²) >= 11 is 0.966. The van der Waals surface area contributed by atoms with Crippen molar-refractivity contribution in [3.63, 3.8) is 0 Å². The van der Waals surface area contributed by atoms with Crippen LogP contribution in [-0.2, 0) is 4.79 Å². The standard InChI is InChI=1S/C12H10FN3O3S/c13-7-1-3-8(4-2-7)14-11(19)6-20-12-15-9(17)5-10(18)16-12/h1-5H,6H2,(H,14,19)(H2,15,16,17,18). The van der Waals surface area contributed by atoms with Crippen LogP contribution in [0.4, 0.5) is 10.1 Å². The van der Waals surface area contributed by atoms with Crippen molar-refractivity contribution in [2.24, 2.45) is 0 Å². The van der Waals surface area contributed by atoms with Gasteiger partial charge in [-0.15, -0.1) is 0 Å². The van der Waals surface area contributed by atoms with Crippen molar-refractivity contribution in [3.05, 3.63) is 46.5 Å². The topological polar surface area (TPSA) is 95.1 Å². The van der Waals surface area contributed by atoms with Crippen molar-refractivity contribution in [1.82, 2.24) is 9.97 Å². The lowest BCUT2D eigenvalue weighted by Gasteiger charge is -2.04. The number of rotatable bonds is 4. The lowest BCUT2D eigenvalue weighted by Crippen LogP contribution is -2.15. The number of aromatic amines is 1. The number of benzene rings is 1. The Morgan fingerprint density at radius 3 is 2.75 bits per heavy atom. The van der Waals surface area contributed by atoms with Crippen LogP contribution < -0.4 is 10.9 Å². The molecule has 1 aromatic heterocycles. The summed E-state index contributed by atoms with van der Waals surface area (Å²) in [5.41, 5.74) is -0.0340. The lowest BCUT2D eigenvalue weighted by atomic mass is 10.3. The Labute approximate surface area is 117 Å². The molecular formula is C12H10FN3O3S. The third kappa shape index (κ3) is 4.09. The largest absolute Gasteiger partial charge is 0.493 e. The molecule has 3 N–H and O–H groups in total. The summed E-state index contributed by atoms with van der Waals surface area (Å²) in [6, 6.07) is 6.27. The van der Waals surface area contributed by atoms with Gasteiger partial charge >= 0.3 is 0 Å². The number of carbonyl (C=O) groups is 1. The van der Waals surface area contributed by atoms with E-state index in [1.165, 1.54) is 24.3 Å². The zero-order valence-corrected chi connectivity index (χ0v) is 10.9. The van der Waals surface area contributed by atoms with Gasteiger partial charge in [0.1, 0.15) is 5.82 Å². The van der Waals surface area contributed by atoms with Crippen molar-refractivity contribution in [2.75, 3.05) is 11.1 Å². The second-order valence-electron chi connectivity index (χ2n) is 3.75. The molecule has 0 aliphatic carbocycles.